The fraction of sp³-hybridized carbons (Fsp3) is 0.300. The van der Waals surface area contributed by atoms with Gasteiger partial charge in [0.15, 0.2) is 0 Å². The highest BCUT2D eigenvalue weighted by Gasteiger charge is 2.22. The van der Waals surface area contributed by atoms with Crippen molar-refractivity contribution in [2.75, 3.05) is 48.0 Å². The first-order valence-corrected chi connectivity index (χ1v) is 8.80. The number of ether oxygens (including phenoxy) is 1. The van der Waals surface area contributed by atoms with Gasteiger partial charge >= 0.3 is 0 Å². The Labute approximate surface area is 157 Å². The first-order chi connectivity index (χ1) is 13.0. The minimum Gasteiger partial charge on any atom is -0.378 e. The van der Waals surface area contributed by atoms with E-state index in [-0.39, 0.29) is 24.2 Å². The molecule has 2 aromatic carbocycles. The molecule has 2 amide bonds. The molecule has 0 aliphatic carbocycles. The van der Waals surface area contributed by atoms with Gasteiger partial charge in [0, 0.05) is 25.7 Å². The summed E-state index contributed by atoms with van der Waals surface area (Å²) in [7, 11) is 0. The van der Waals surface area contributed by atoms with E-state index in [4.69, 9.17) is 4.74 Å². The van der Waals surface area contributed by atoms with Gasteiger partial charge in [0.1, 0.15) is 12.4 Å². The van der Waals surface area contributed by atoms with Crippen molar-refractivity contribution in [3.05, 3.63) is 54.3 Å². The second-order valence-electron chi connectivity index (χ2n) is 6.25. The minimum atomic E-state index is -0.377. The molecule has 1 aliphatic heterocycles. The van der Waals surface area contributed by atoms with Crippen molar-refractivity contribution < 1.29 is 18.7 Å². The molecule has 7 heteroatoms. The summed E-state index contributed by atoms with van der Waals surface area (Å²) in [6.07, 6.45) is 0. The van der Waals surface area contributed by atoms with E-state index >= 15 is 0 Å². The van der Waals surface area contributed by atoms with Gasteiger partial charge in [0.05, 0.1) is 24.6 Å². The zero-order chi connectivity index (χ0) is 19.2. The van der Waals surface area contributed by atoms with Gasteiger partial charge < -0.3 is 19.9 Å². The first-order valence-electron chi connectivity index (χ1n) is 8.80. The maximum absolute atomic E-state index is 13.0. The van der Waals surface area contributed by atoms with Crippen molar-refractivity contribution >= 4 is 28.9 Å². The number of halogens is 1. The lowest BCUT2D eigenvalue weighted by molar-refractivity contribution is -0.120. The number of nitrogens with one attached hydrogen (secondary N) is 1. The van der Waals surface area contributed by atoms with Crippen LogP contribution in [0.25, 0.3) is 0 Å². The maximum atomic E-state index is 13.0. The number of benzene rings is 2. The Balaban J connectivity index is 1.78. The fourth-order valence-corrected chi connectivity index (χ4v) is 3.01. The van der Waals surface area contributed by atoms with Crippen LogP contribution in [0.1, 0.15) is 6.92 Å². The van der Waals surface area contributed by atoms with E-state index in [0.717, 1.165) is 18.8 Å². The molecule has 1 N–H and O–H groups in total. The van der Waals surface area contributed by atoms with Crippen LogP contribution in [0, 0.1) is 5.82 Å². The van der Waals surface area contributed by atoms with Crippen LogP contribution < -0.4 is 15.1 Å². The molecule has 2 aromatic rings. The summed E-state index contributed by atoms with van der Waals surface area (Å²) in [6.45, 7) is 4.00. The Morgan fingerprint density at radius 3 is 2.44 bits per heavy atom. The molecule has 0 spiro atoms. The largest absolute Gasteiger partial charge is 0.378 e. The Morgan fingerprint density at radius 2 is 1.78 bits per heavy atom. The van der Waals surface area contributed by atoms with Gasteiger partial charge in [0.25, 0.3) is 0 Å². The highest BCUT2D eigenvalue weighted by atomic mass is 19.1. The SMILES string of the molecule is CC(=O)N(CC(=O)Nc1ccc(F)cc1)c1ccccc1N1CCOCC1. The average Bonchev–Trinajstić information content (AvgIpc) is 2.68. The predicted octanol–water partition coefficient (Wildman–Crippen LogP) is 2.65. The Bertz CT molecular complexity index is 804. The molecule has 3 rings (SSSR count). The zero-order valence-electron chi connectivity index (χ0n) is 15.2. The number of carbonyl (C=O) groups excluding carboxylic acids is 2. The highest BCUT2D eigenvalue weighted by molar-refractivity contribution is 6.03. The smallest absolute Gasteiger partial charge is 0.244 e. The molecule has 1 heterocycles. The van der Waals surface area contributed by atoms with Crippen LogP contribution >= 0.6 is 0 Å². The van der Waals surface area contributed by atoms with Crippen molar-refractivity contribution in [3.8, 4) is 0 Å². The van der Waals surface area contributed by atoms with E-state index < -0.39 is 0 Å². The lowest BCUT2D eigenvalue weighted by Gasteiger charge is -2.33. The third-order valence-corrected chi connectivity index (χ3v) is 4.33. The van der Waals surface area contributed by atoms with Crippen LogP contribution in [0.15, 0.2) is 48.5 Å². The number of anilines is 3. The van der Waals surface area contributed by atoms with Crippen molar-refractivity contribution in [1.29, 1.82) is 0 Å². The number of hydrogen-bond acceptors (Lipinski definition) is 4. The second-order valence-corrected chi connectivity index (χ2v) is 6.25. The van der Waals surface area contributed by atoms with Gasteiger partial charge in [-0.2, -0.15) is 0 Å². The summed E-state index contributed by atoms with van der Waals surface area (Å²) in [6, 6.07) is 13.0. The third kappa shape index (κ3) is 4.83. The quantitative estimate of drug-likeness (QED) is 0.878. The van der Waals surface area contributed by atoms with Crippen molar-refractivity contribution in [2.24, 2.45) is 0 Å². The number of morpholine rings is 1. The van der Waals surface area contributed by atoms with Crippen molar-refractivity contribution in [1.82, 2.24) is 0 Å². The molecule has 0 atom stereocenters. The van der Waals surface area contributed by atoms with Gasteiger partial charge in [0.2, 0.25) is 11.8 Å². The molecule has 0 aromatic heterocycles. The number of nitrogens with zero attached hydrogens (tertiary/aromatic N) is 2. The first kappa shape index (κ1) is 18.8. The molecule has 0 unspecified atom stereocenters. The molecule has 1 fully saturated rings. The minimum absolute atomic E-state index is 0.131. The number of amides is 2. The molecule has 142 valence electrons. The Morgan fingerprint density at radius 1 is 1.11 bits per heavy atom. The van der Waals surface area contributed by atoms with E-state index in [1.165, 1.54) is 36.1 Å². The molecule has 0 saturated carbocycles. The zero-order valence-corrected chi connectivity index (χ0v) is 15.2. The van der Waals surface area contributed by atoms with Crippen LogP contribution in [0.4, 0.5) is 21.5 Å². The molecule has 27 heavy (non-hydrogen) atoms. The molecule has 1 saturated heterocycles. The van der Waals surface area contributed by atoms with Gasteiger partial charge in [-0.3, -0.25) is 9.59 Å². The van der Waals surface area contributed by atoms with Crippen LogP contribution in [0.3, 0.4) is 0 Å². The molecule has 0 bridgehead atoms. The maximum Gasteiger partial charge on any atom is 0.244 e. The monoisotopic (exact) mass is 371 g/mol. The topological polar surface area (TPSA) is 61.9 Å². The average molecular weight is 371 g/mol. The van der Waals surface area contributed by atoms with Crippen LogP contribution in [0.2, 0.25) is 0 Å². The van der Waals surface area contributed by atoms with E-state index in [2.05, 4.69) is 10.2 Å². The van der Waals surface area contributed by atoms with Crippen LogP contribution in [0.5, 0.6) is 0 Å². The van der Waals surface area contributed by atoms with Gasteiger partial charge in [-0.05, 0) is 36.4 Å². The standard InChI is InChI=1S/C20H22FN3O3/c1-15(25)24(14-20(26)22-17-8-6-16(21)7-9-17)19-5-3-2-4-18(19)23-10-12-27-13-11-23/h2-9H,10-14H2,1H3,(H,22,26). The Hall–Kier alpha value is -2.93. The van der Waals surface area contributed by atoms with Gasteiger partial charge in [-0.15, -0.1) is 0 Å². The Kier molecular flexibility index (Phi) is 6.03. The molecule has 6 nitrogen and oxygen atoms in total. The summed E-state index contributed by atoms with van der Waals surface area (Å²) in [5, 5.41) is 2.69. The molecule has 0 radical (unpaired) electrons. The number of carbonyl (C=O) groups is 2. The highest BCUT2D eigenvalue weighted by Crippen LogP contribution is 2.30. The fourth-order valence-electron chi connectivity index (χ4n) is 3.01. The van der Waals surface area contributed by atoms with E-state index in [0.29, 0.717) is 24.6 Å². The second kappa shape index (κ2) is 8.64. The third-order valence-electron chi connectivity index (χ3n) is 4.33. The normalized spacial score (nSPS) is 13.9. The molecular formula is C20H22FN3O3. The molecular weight excluding hydrogens is 349 g/mol. The van der Waals surface area contributed by atoms with Gasteiger partial charge in [-0.1, -0.05) is 12.1 Å². The summed E-state index contributed by atoms with van der Waals surface area (Å²) >= 11 is 0. The van der Waals surface area contributed by atoms with Crippen molar-refractivity contribution in [3.63, 3.8) is 0 Å². The number of hydrogen-bond donors (Lipinski definition) is 1. The van der Waals surface area contributed by atoms with Gasteiger partial charge in [-0.25, -0.2) is 4.39 Å². The summed E-state index contributed by atoms with van der Waals surface area (Å²) in [5.41, 5.74) is 2.05. The lowest BCUT2D eigenvalue weighted by atomic mass is 10.2. The number of para-hydroxylation sites is 2. The molecule has 1 aliphatic rings. The van der Waals surface area contributed by atoms with E-state index in [9.17, 15) is 14.0 Å². The van der Waals surface area contributed by atoms with E-state index in [1.54, 1.807) is 0 Å². The summed E-state index contributed by atoms with van der Waals surface area (Å²) in [5.74, 6) is -0.962. The van der Waals surface area contributed by atoms with Crippen LogP contribution in [-0.2, 0) is 14.3 Å². The summed E-state index contributed by atoms with van der Waals surface area (Å²) < 4.78 is 18.4. The summed E-state index contributed by atoms with van der Waals surface area (Å²) in [4.78, 5) is 28.3. The van der Waals surface area contributed by atoms with Crippen molar-refractivity contribution in [2.45, 2.75) is 6.92 Å². The number of rotatable bonds is 5. The van der Waals surface area contributed by atoms with Crippen LogP contribution in [-0.4, -0.2) is 44.7 Å². The lowest BCUT2D eigenvalue weighted by Crippen LogP contribution is -2.40. The van der Waals surface area contributed by atoms with E-state index in [1.807, 2.05) is 24.3 Å². The predicted molar refractivity (Wildman–Crippen MR) is 103 cm³/mol.